The highest BCUT2D eigenvalue weighted by atomic mass is 16.1. The van der Waals surface area contributed by atoms with E-state index >= 15 is 0 Å². The maximum atomic E-state index is 11.7. The van der Waals surface area contributed by atoms with Crippen LogP contribution >= 0.6 is 0 Å². The number of carbonyl (C=O) groups excluding carboxylic acids is 1. The predicted molar refractivity (Wildman–Crippen MR) is 69.7 cm³/mol. The summed E-state index contributed by atoms with van der Waals surface area (Å²) in [5.74, 6) is 0.0210. The molecule has 0 radical (unpaired) electrons. The second-order valence-electron chi connectivity index (χ2n) is 4.31. The molecule has 0 atom stereocenters. The van der Waals surface area contributed by atoms with E-state index in [0.717, 1.165) is 5.56 Å². The first-order chi connectivity index (χ1) is 8.74. The Morgan fingerprint density at radius 1 is 1.11 bits per heavy atom. The van der Waals surface area contributed by atoms with Crippen molar-refractivity contribution in [2.45, 2.75) is 20.0 Å². The Morgan fingerprint density at radius 3 is 2.44 bits per heavy atom. The van der Waals surface area contributed by atoms with Crippen molar-refractivity contribution >= 4 is 5.91 Å². The van der Waals surface area contributed by atoms with E-state index in [0.29, 0.717) is 13.1 Å². The van der Waals surface area contributed by atoms with Gasteiger partial charge in [0.05, 0.1) is 0 Å². The van der Waals surface area contributed by atoms with Gasteiger partial charge < -0.3 is 5.32 Å². The van der Waals surface area contributed by atoms with Gasteiger partial charge in [0.25, 0.3) is 5.91 Å². The fourth-order valence-corrected chi connectivity index (χ4v) is 1.66. The number of hydrogen-bond donors (Lipinski definition) is 1. The molecule has 2 rings (SSSR count). The summed E-state index contributed by atoms with van der Waals surface area (Å²) in [6, 6.07) is 13.9. The minimum atomic E-state index is 0.0210. The molecule has 1 N–H and O–H groups in total. The first-order valence-corrected chi connectivity index (χ1v) is 6.00. The molecule has 3 nitrogen and oxygen atoms in total. The van der Waals surface area contributed by atoms with Crippen LogP contribution in [0.15, 0.2) is 54.9 Å². The van der Waals surface area contributed by atoms with Gasteiger partial charge in [-0.2, -0.15) is 4.57 Å². The number of amides is 1. The molecule has 18 heavy (non-hydrogen) atoms. The molecule has 92 valence electrons. The van der Waals surface area contributed by atoms with Crippen LogP contribution in [0.25, 0.3) is 0 Å². The van der Waals surface area contributed by atoms with Crippen molar-refractivity contribution in [3.63, 3.8) is 0 Å². The van der Waals surface area contributed by atoms with E-state index < -0.39 is 0 Å². The molecule has 0 bridgehead atoms. The molecule has 1 amide bonds. The summed E-state index contributed by atoms with van der Waals surface area (Å²) in [6.07, 6.45) is 3.83. The van der Waals surface area contributed by atoms with Crippen molar-refractivity contribution in [3.05, 3.63) is 66.0 Å². The van der Waals surface area contributed by atoms with E-state index in [1.807, 2.05) is 66.3 Å². The maximum Gasteiger partial charge on any atom is 0.286 e. The fraction of sp³-hybridized carbons (Fsp3) is 0.200. The number of aromatic nitrogens is 1. The minimum Gasteiger partial charge on any atom is -0.347 e. The standard InChI is InChI=1S/C15H16N2O/c1-13-7-9-17(10-8-13)12-15(18)16-11-14-5-3-2-4-6-14/h2-10H,11-12H2,1H3/p+1. The van der Waals surface area contributed by atoms with Gasteiger partial charge in [0.1, 0.15) is 0 Å². The van der Waals surface area contributed by atoms with Gasteiger partial charge in [0.2, 0.25) is 6.54 Å². The van der Waals surface area contributed by atoms with Crippen LogP contribution in [0.1, 0.15) is 11.1 Å². The lowest BCUT2D eigenvalue weighted by Crippen LogP contribution is -2.42. The molecule has 1 aromatic carbocycles. The molecule has 1 heterocycles. The lowest BCUT2D eigenvalue weighted by atomic mass is 10.2. The first kappa shape index (κ1) is 12.3. The predicted octanol–water partition coefficient (Wildman–Crippen LogP) is 1.60. The zero-order valence-corrected chi connectivity index (χ0v) is 10.5. The van der Waals surface area contributed by atoms with E-state index in [9.17, 15) is 4.79 Å². The van der Waals surface area contributed by atoms with Gasteiger partial charge in [-0.05, 0) is 18.1 Å². The van der Waals surface area contributed by atoms with Crippen LogP contribution in [0, 0.1) is 6.92 Å². The molecule has 0 saturated heterocycles. The largest absolute Gasteiger partial charge is 0.347 e. The number of hydrogen-bond acceptors (Lipinski definition) is 1. The lowest BCUT2D eigenvalue weighted by Gasteiger charge is -2.03. The molecule has 0 aliphatic rings. The highest BCUT2D eigenvalue weighted by Crippen LogP contribution is 1.96. The number of rotatable bonds is 4. The molecular weight excluding hydrogens is 224 g/mol. The summed E-state index contributed by atoms with van der Waals surface area (Å²) in [6.45, 7) is 2.96. The number of pyridine rings is 1. The molecule has 0 spiro atoms. The fourth-order valence-electron chi connectivity index (χ4n) is 1.66. The Bertz CT molecular complexity index is 506. The third-order valence-corrected chi connectivity index (χ3v) is 2.72. The molecule has 0 saturated carbocycles. The van der Waals surface area contributed by atoms with Crippen LogP contribution < -0.4 is 9.88 Å². The van der Waals surface area contributed by atoms with Crippen molar-refractivity contribution < 1.29 is 9.36 Å². The Balaban J connectivity index is 1.84. The molecule has 0 unspecified atom stereocenters. The number of benzene rings is 1. The van der Waals surface area contributed by atoms with E-state index in [-0.39, 0.29) is 5.91 Å². The van der Waals surface area contributed by atoms with Crippen molar-refractivity contribution in [3.8, 4) is 0 Å². The normalized spacial score (nSPS) is 10.1. The Hall–Kier alpha value is -2.16. The van der Waals surface area contributed by atoms with Gasteiger partial charge in [-0.3, -0.25) is 4.79 Å². The van der Waals surface area contributed by atoms with Crippen LogP contribution in [0.3, 0.4) is 0 Å². The topological polar surface area (TPSA) is 33.0 Å². The molecule has 3 heteroatoms. The molecule has 2 aromatic rings. The Labute approximate surface area is 107 Å². The van der Waals surface area contributed by atoms with Crippen LogP contribution in [-0.2, 0) is 17.9 Å². The number of carbonyl (C=O) groups is 1. The van der Waals surface area contributed by atoms with Gasteiger partial charge in [0, 0.05) is 18.7 Å². The van der Waals surface area contributed by atoms with Crippen LogP contribution in [0.4, 0.5) is 0 Å². The minimum absolute atomic E-state index is 0.0210. The highest BCUT2D eigenvalue weighted by Gasteiger charge is 2.07. The van der Waals surface area contributed by atoms with Crippen LogP contribution in [-0.4, -0.2) is 5.91 Å². The van der Waals surface area contributed by atoms with E-state index in [2.05, 4.69) is 5.32 Å². The smallest absolute Gasteiger partial charge is 0.286 e. The monoisotopic (exact) mass is 241 g/mol. The quantitative estimate of drug-likeness (QED) is 0.810. The van der Waals surface area contributed by atoms with Crippen molar-refractivity contribution in [1.29, 1.82) is 0 Å². The number of nitrogens with one attached hydrogen (secondary N) is 1. The van der Waals surface area contributed by atoms with Crippen LogP contribution in [0.5, 0.6) is 0 Å². The average Bonchev–Trinajstić information content (AvgIpc) is 2.40. The van der Waals surface area contributed by atoms with Gasteiger partial charge in [-0.1, -0.05) is 30.3 Å². The summed E-state index contributed by atoms with van der Waals surface area (Å²) < 4.78 is 1.87. The third kappa shape index (κ3) is 3.70. The molecule has 0 aliphatic heterocycles. The first-order valence-electron chi connectivity index (χ1n) is 6.00. The number of nitrogens with zero attached hydrogens (tertiary/aromatic N) is 1. The van der Waals surface area contributed by atoms with Crippen LogP contribution in [0.2, 0.25) is 0 Å². The summed E-state index contributed by atoms with van der Waals surface area (Å²) in [5.41, 5.74) is 2.30. The van der Waals surface area contributed by atoms with Gasteiger partial charge in [-0.15, -0.1) is 0 Å². The van der Waals surface area contributed by atoms with Crippen molar-refractivity contribution in [1.82, 2.24) is 5.32 Å². The zero-order valence-electron chi connectivity index (χ0n) is 10.5. The van der Waals surface area contributed by atoms with E-state index in [1.165, 1.54) is 5.56 Å². The van der Waals surface area contributed by atoms with Crippen molar-refractivity contribution in [2.24, 2.45) is 0 Å². The molecular formula is C15H17N2O+. The SMILES string of the molecule is Cc1cc[n+](CC(=O)NCc2ccccc2)cc1. The van der Waals surface area contributed by atoms with Gasteiger partial charge >= 0.3 is 0 Å². The Morgan fingerprint density at radius 2 is 1.78 bits per heavy atom. The summed E-state index contributed by atoms with van der Waals surface area (Å²) >= 11 is 0. The third-order valence-electron chi connectivity index (χ3n) is 2.72. The second-order valence-corrected chi connectivity index (χ2v) is 4.31. The van der Waals surface area contributed by atoms with Gasteiger partial charge in [-0.25, -0.2) is 0 Å². The summed E-state index contributed by atoms with van der Waals surface area (Å²) in [4.78, 5) is 11.7. The summed E-state index contributed by atoms with van der Waals surface area (Å²) in [7, 11) is 0. The van der Waals surface area contributed by atoms with E-state index in [1.54, 1.807) is 0 Å². The molecule has 0 fully saturated rings. The van der Waals surface area contributed by atoms with Crippen molar-refractivity contribution in [2.75, 3.05) is 0 Å². The molecule has 1 aromatic heterocycles. The van der Waals surface area contributed by atoms with E-state index in [4.69, 9.17) is 0 Å². The molecule has 0 aliphatic carbocycles. The average molecular weight is 241 g/mol. The lowest BCUT2D eigenvalue weighted by molar-refractivity contribution is -0.684. The summed E-state index contributed by atoms with van der Waals surface area (Å²) in [5, 5.41) is 2.90. The maximum absolute atomic E-state index is 11.7. The number of aryl methyl sites for hydroxylation is 1. The zero-order chi connectivity index (χ0) is 12.8. The van der Waals surface area contributed by atoms with Gasteiger partial charge in [0.15, 0.2) is 12.4 Å². The highest BCUT2D eigenvalue weighted by molar-refractivity contribution is 5.74. The second kappa shape index (κ2) is 5.96. The Kier molecular flexibility index (Phi) is 4.07.